The molecule has 26 heavy (non-hydrogen) atoms. The fourth-order valence-corrected chi connectivity index (χ4v) is 4.17. The Morgan fingerprint density at radius 1 is 1.19 bits per heavy atom. The molecule has 1 amide bonds. The van der Waals surface area contributed by atoms with Crippen LogP contribution in [0.25, 0.3) is 0 Å². The van der Waals surface area contributed by atoms with E-state index in [-0.39, 0.29) is 11.8 Å². The third-order valence-corrected chi connectivity index (χ3v) is 5.78. The average molecular weight is 373 g/mol. The summed E-state index contributed by atoms with van der Waals surface area (Å²) in [4.78, 5) is 27.5. The molecule has 0 spiro atoms. The molecule has 1 fully saturated rings. The van der Waals surface area contributed by atoms with E-state index in [2.05, 4.69) is 0 Å². The SMILES string of the molecule is COc1ccc(N(Cc2cccs2)C(=O)C2CCCC(C(=O)O)C2)cc1. The van der Waals surface area contributed by atoms with E-state index < -0.39 is 11.9 Å². The van der Waals surface area contributed by atoms with Crippen molar-refractivity contribution in [1.29, 1.82) is 0 Å². The van der Waals surface area contributed by atoms with E-state index in [9.17, 15) is 14.7 Å². The van der Waals surface area contributed by atoms with Crippen molar-refractivity contribution in [1.82, 2.24) is 0 Å². The zero-order valence-electron chi connectivity index (χ0n) is 14.8. The first-order valence-electron chi connectivity index (χ1n) is 8.79. The normalized spacial score (nSPS) is 19.7. The van der Waals surface area contributed by atoms with Gasteiger partial charge in [-0.05, 0) is 55.0 Å². The summed E-state index contributed by atoms with van der Waals surface area (Å²) in [5.74, 6) is -0.712. The predicted octanol–water partition coefficient (Wildman–Crippen LogP) is 4.18. The molecule has 0 saturated heterocycles. The molecule has 1 N–H and O–H groups in total. The number of carboxylic acids is 1. The van der Waals surface area contributed by atoms with Gasteiger partial charge >= 0.3 is 5.97 Å². The number of carbonyl (C=O) groups is 2. The second-order valence-electron chi connectivity index (χ2n) is 6.60. The number of anilines is 1. The number of ether oxygens (including phenoxy) is 1. The number of carboxylic acid groups (broad SMARTS) is 1. The number of methoxy groups -OCH3 is 1. The van der Waals surface area contributed by atoms with Crippen molar-refractivity contribution >= 4 is 28.9 Å². The Balaban J connectivity index is 1.83. The van der Waals surface area contributed by atoms with Crippen molar-refractivity contribution < 1.29 is 19.4 Å². The minimum Gasteiger partial charge on any atom is -0.497 e. The van der Waals surface area contributed by atoms with Gasteiger partial charge in [-0.25, -0.2) is 0 Å². The first-order valence-corrected chi connectivity index (χ1v) is 9.67. The Hall–Kier alpha value is -2.34. The summed E-state index contributed by atoms with van der Waals surface area (Å²) >= 11 is 1.61. The minimum absolute atomic E-state index is 0.00881. The summed E-state index contributed by atoms with van der Waals surface area (Å²) in [6, 6.07) is 11.4. The Labute approximate surface area is 157 Å². The fourth-order valence-electron chi connectivity index (χ4n) is 3.48. The van der Waals surface area contributed by atoms with Crippen LogP contribution >= 0.6 is 11.3 Å². The zero-order valence-corrected chi connectivity index (χ0v) is 15.6. The third kappa shape index (κ3) is 4.25. The van der Waals surface area contributed by atoms with Crippen LogP contribution in [0, 0.1) is 11.8 Å². The number of rotatable bonds is 6. The Morgan fingerprint density at radius 2 is 1.92 bits per heavy atom. The van der Waals surface area contributed by atoms with Crippen LogP contribution in [0.1, 0.15) is 30.6 Å². The number of nitrogens with zero attached hydrogens (tertiary/aromatic N) is 1. The highest BCUT2D eigenvalue weighted by molar-refractivity contribution is 7.09. The smallest absolute Gasteiger partial charge is 0.306 e. The van der Waals surface area contributed by atoms with E-state index in [1.165, 1.54) is 0 Å². The van der Waals surface area contributed by atoms with Crippen molar-refractivity contribution in [3.63, 3.8) is 0 Å². The maximum absolute atomic E-state index is 13.3. The number of aliphatic carboxylic acids is 1. The summed E-state index contributed by atoms with van der Waals surface area (Å²) in [6.07, 6.45) is 2.61. The van der Waals surface area contributed by atoms with Crippen LogP contribution in [-0.2, 0) is 16.1 Å². The van der Waals surface area contributed by atoms with Crippen molar-refractivity contribution in [3.8, 4) is 5.75 Å². The van der Waals surface area contributed by atoms with Gasteiger partial charge in [0.15, 0.2) is 0 Å². The Kier molecular flexibility index (Phi) is 5.93. The quantitative estimate of drug-likeness (QED) is 0.825. The van der Waals surface area contributed by atoms with Gasteiger partial charge in [0.05, 0.1) is 19.6 Å². The maximum atomic E-state index is 13.3. The molecule has 0 radical (unpaired) electrons. The molecular formula is C20H23NO4S. The molecule has 2 atom stereocenters. The first-order chi connectivity index (χ1) is 12.6. The maximum Gasteiger partial charge on any atom is 0.306 e. The van der Waals surface area contributed by atoms with Crippen LogP contribution in [0.4, 0.5) is 5.69 Å². The molecule has 138 valence electrons. The lowest BCUT2D eigenvalue weighted by Gasteiger charge is -2.31. The van der Waals surface area contributed by atoms with Gasteiger partial charge in [-0.1, -0.05) is 12.5 Å². The lowest BCUT2D eigenvalue weighted by molar-refractivity contribution is -0.143. The van der Waals surface area contributed by atoms with Crippen LogP contribution in [0.2, 0.25) is 0 Å². The Morgan fingerprint density at radius 3 is 2.54 bits per heavy atom. The molecular weight excluding hydrogens is 350 g/mol. The van der Waals surface area contributed by atoms with Gasteiger partial charge in [0, 0.05) is 16.5 Å². The Bertz CT molecular complexity index is 742. The summed E-state index contributed by atoms with van der Waals surface area (Å²) in [5.41, 5.74) is 0.807. The van der Waals surface area contributed by atoms with Crippen molar-refractivity contribution in [2.75, 3.05) is 12.0 Å². The molecule has 2 aromatic rings. The second kappa shape index (κ2) is 8.36. The number of carbonyl (C=O) groups excluding carboxylic acids is 1. The second-order valence-corrected chi connectivity index (χ2v) is 7.63. The summed E-state index contributed by atoms with van der Waals surface area (Å²) in [5, 5.41) is 11.3. The molecule has 6 heteroatoms. The highest BCUT2D eigenvalue weighted by atomic mass is 32.1. The molecule has 5 nitrogen and oxygen atoms in total. The molecule has 1 aliphatic carbocycles. The topological polar surface area (TPSA) is 66.8 Å². The van der Waals surface area contributed by atoms with Gasteiger partial charge in [0.25, 0.3) is 0 Å². The van der Waals surface area contributed by atoms with Gasteiger partial charge in [0.1, 0.15) is 5.75 Å². The minimum atomic E-state index is -0.795. The molecule has 1 aliphatic rings. The van der Waals surface area contributed by atoms with Crippen LogP contribution in [0.15, 0.2) is 41.8 Å². The average Bonchev–Trinajstić information content (AvgIpc) is 3.19. The summed E-state index contributed by atoms with van der Waals surface area (Å²) in [6.45, 7) is 0.497. The van der Waals surface area contributed by atoms with Gasteiger partial charge < -0.3 is 14.7 Å². The molecule has 0 aliphatic heterocycles. The van der Waals surface area contributed by atoms with E-state index in [0.29, 0.717) is 19.4 Å². The summed E-state index contributed by atoms with van der Waals surface area (Å²) < 4.78 is 5.21. The van der Waals surface area contributed by atoms with Gasteiger partial charge in [0.2, 0.25) is 5.91 Å². The van der Waals surface area contributed by atoms with Crippen LogP contribution in [-0.4, -0.2) is 24.1 Å². The van der Waals surface area contributed by atoms with Crippen LogP contribution < -0.4 is 9.64 Å². The van der Waals surface area contributed by atoms with Gasteiger partial charge in [-0.3, -0.25) is 9.59 Å². The van der Waals surface area contributed by atoms with E-state index in [1.54, 1.807) is 23.3 Å². The first kappa shape index (κ1) is 18.5. The van der Waals surface area contributed by atoms with E-state index in [4.69, 9.17) is 4.74 Å². The van der Waals surface area contributed by atoms with Gasteiger partial charge in [-0.2, -0.15) is 0 Å². The highest BCUT2D eigenvalue weighted by Gasteiger charge is 2.34. The van der Waals surface area contributed by atoms with Crippen LogP contribution in [0.3, 0.4) is 0 Å². The number of thiophene rings is 1. The predicted molar refractivity (Wildman–Crippen MR) is 102 cm³/mol. The molecule has 0 bridgehead atoms. The van der Waals surface area contributed by atoms with Crippen molar-refractivity contribution in [3.05, 3.63) is 46.7 Å². The molecule has 1 heterocycles. The van der Waals surface area contributed by atoms with E-state index in [0.717, 1.165) is 29.2 Å². The van der Waals surface area contributed by atoms with Crippen molar-refractivity contribution in [2.45, 2.75) is 32.2 Å². The van der Waals surface area contributed by atoms with Gasteiger partial charge in [-0.15, -0.1) is 11.3 Å². The molecule has 3 rings (SSSR count). The lowest BCUT2D eigenvalue weighted by Crippen LogP contribution is -2.38. The largest absolute Gasteiger partial charge is 0.497 e. The molecule has 1 saturated carbocycles. The fraction of sp³-hybridized carbons (Fsp3) is 0.400. The number of hydrogen-bond donors (Lipinski definition) is 1. The third-order valence-electron chi connectivity index (χ3n) is 4.92. The number of amides is 1. The monoisotopic (exact) mass is 373 g/mol. The van der Waals surface area contributed by atoms with E-state index in [1.807, 2.05) is 41.8 Å². The number of hydrogen-bond acceptors (Lipinski definition) is 4. The standard InChI is InChI=1S/C20H23NO4S/c1-25-17-9-7-16(8-10-17)21(13-18-6-3-11-26-18)19(22)14-4-2-5-15(12-14)20(23)24/h3,6-11,14-15H,2,4-5,12-13H2,1H3,(H,23,24). The molecule has 1 aromatic carbocycles. The zero-order chi connectivity index (χ0) is 18.5. The van der Waals surface area contributed by atoms with Crippen LogP contribution in [0.5, 0.6) is 5.75 Å². The van der Waals surface area contributed by atoms with E-state index >= 15 is 0 Å². The molecule has 2 unspecified atom stereocenters. The highest BCUT2D eigenvalue weighted by Crippen LogP contribution is 2.33. The summed E-state index contributed by atoms with van der Waals surface area (Å²) in [7, 11) is 1.61. The van der Waals surface area contributed by atoms with Crippen molar-refractivity contribution in [2.24, 2.45) is 11.8 Å². The number of benzene rings is 1. The lowest BCUT2D eigenvalue weighted by atomic mass is 9.80. The molecule has 1 aromatic heterocycles.